The summed E-state index contributed by atoms with van der Waals surface area (Å²) in [5.74, 6) is 0.677. The first kappa shape index (κ1) is 14.9. The molecule has 0 saturated carbocycles. The second kappa shape index (κ2) is 5.65. The topological polar surface area (TPSA) is 41.4 Å². The molecule has 2 aromatic rings. The largest absolute Gasteiger partial charge is 0.363 e. The maximum atomic E-state index is 12.9. The average Bonchev–Trinajstić information content (AvgIpc) is 2.95. The summed E-state index contributed by atoms with van der Waals surface area (Å²) < 4.78 is 2.19. The number of aromatic nitrogens is 2. The highest BCUT2D eigenvalue weighted by atomic mass is 35.5. The van der Waals surface area contributed by atoms with Crippen molar-refractivity contribution < 1.29 is 4.79 Å². The lowest BCUT2D eigenvalue weighted by Gasteiger charge is -2.35. The highest BCUT2D eigenvalue weighted by Crippen LogP contribution is 2.28. The van der Waals surface area contributed by atoms with E-state index in [1.54, 1.807) is 12.1 Å². The summed E-state index contributed by atoms with van der Waals surface area (Å²) in [6, 6.07) is 7.56. The number of hydrogen-bond donors (Lipinski definition) is 0. The molecule has 0 bridgehead atoms. The highest BCUT2D eigenvalue weighted by Gasteiger charge is 2.28. The number of halogens is 1. The maximum absolute atomic E-state index is 12.9. The van der Waals surface area contributed by atoms with Crippen molar-refractivity contribution in [2.45, 2.75) is 19.5 Å². The summed E-state index contributed by atoms with van der Waals surface area (Å²) in [6.07, 6.45) is 2.06. The van der Waals surface area contributed by atoms with Crippen LogP contribution in [-0.4, -0.2) is 41.0 Å². The Morgan fingerprint density at radius 2 is 2.14 bits per heavy atom. The molecular weight excluding hydrogens is 300 g/mol. The Balaban J connectivity index is 1.92. The van der Waals surface area contributed by atoms with Crippen LogP contribution in [0.25, 0.3) is 0 Å². The Morgan fingerprint density at radius 1 is 1.36 bits per heavy atom. The molecule has 2 aromatic heterocycles. The predicted octanol–water partition coefficient (Wildman–Crippen LogP) is 2.82. The van der Waals surface area contributed by atoms with Gasteiger partial charge in [-0.2, -0.15) is 0 Å². The zero-order valence-electron chi connectivity index (χ0n) is 13.0. The van der Waals surface area contributed by atoms with E-state index in [9.17, 15) is 4.79 Å². The average molecular weight is 319 g/mol. The number of carbonyl (C=O) groups is 1. The van der Waals surface area contributed by atoms with E-state index >= 15 is 0 Å². The SMILES string of the molecule is CC1c2cccn2CCN1C(=O)c1cc(Cl)nc(N(C)C)c1. The van der Waals surface area contributed by atoms with E-state index in [2.05, 4.69) is 28.7 Å². The number of pyridine rings is 1. The molecule has 6 heteroatoms. The molecule has 0 saturated heterocycles. The van der Waals surface area contributed by atoms with Crippen LogP contribution in [0.1, 0.15) is 29.0 Å². The molecule has 1 amide bonds. The molecular formula is C16H19ClN4O. The van der Waals surface area contributed by atoms with Crippen LogP contribution in [0.15, 0.2) is 30.5 Å². The standard InChI is InChI=1S/C16H19ClN4O/c1-11-13-5-4-6-20(13)7-8-21(11)16(22)12-9-14(17)18-15(10-12)19(2)3/h4-6,9-11H,7-8H2,1-3H3. The van der Waals surface area contributed by atoms with E-state index in [-0.39, 0.29) is 11.9 Å². The molecule has 0 aromatic carbocycles. The van der Waals surface area contributed by atoms with Gasteiger partial charge in [-0.05, 0) is 31.2 Å². The Kier molecular flexibility index (Phi) is 3.83. The van der Waals surface area contributed by atoms with Crippen LogP contribution in [0.2, 0.25) is 5.15 Å². The molecule has 0 fully saturated rings. The number of rotatable bonds is 2. The second-order valence-corrected chi connectivity index (χ2v) is 6.12. The van der Waals surface area contributed by atoms with E-state index in [1.165, 1.54) is 0 Å². The van der Waals surface area contributed by atoms with Crippen LogP contribution in [-0.2, 0) is 6.54 Å². The summed E-state index contributed by atoms with van der Waals surface area (Å²) in [6.45, 7) is 3.56. The van der Waals surface area contributed by atoms with Crippen LogP contribution in [0.3, 0.4) is 0 Å². The maximum Gasteiger partial charge on any atom is 0.254 e. The van der Waals surface area contributed by atoms with Gasteiger partial charge in [0.2, 0.25) is 0 Å². The molecule has 0 N–H and O–H groups in total. The molecule has 0 radical (unpaired) electrons. The summed E-state index contributed by atoms with van der Waals surface area (Å²) >= 11 is 6.06. The molecule has 0 spiro atoms. The number of fused-ring (bicyclic) bond motifs is 1. The van der Waals surface area contributed by atoms with Crippen molar-refractivity contribution in [3.05, 3.63) is 46.9 Å². The van der Waals surface area contributed by atoms with Crippen molar-refractivity contribution in [2.75, 3.05) is 25.5 Å². The highest BCUT2D eigenvalue weighted by molar-refractivity contribution is 6.29. The fourth-order valence-corrected chi connectivity index (χ4v) is 3.06. The Labute approximate surface area is 135 Å². The summed E-state index contributed by atoms with van der Waals surface area (Å²) in [5.41, 5.74) is 1.74. The zero-order chi connectivity index (χ0) is 15.9. The third-order valence-electron chi connectivity index (χ3n) is 4.09. The first-order valence-electron chi connectivity index (χ1n) is 7.28. The Hall–Kier alpha value is -2.01. The molecule has 1 unspecified atom stereocenters. The number of amides is 1. The molecule has 0 aliphatic carbocycles. The number of carbonyl (C=O) groups excluding carboxylic acids is 1. The van der Waals surface area contributed by atoms with Gasteiger partial charge >= 0.3 is 0 Å². The van der Waals surface area contributed by atoms with Crippen molar-refractivity contribution in [3.8, 4) is 0 Å². The third-order valence-corrected chi connectivity index (χ3v) is 4.28. The van der Waals surface area contributed by atoms with Gasteiger partial charge in [-0.15, -0.1) is 0 Å². The molecule has 5 nitrogen and oxygen atoms in total. The zero-order valence-corrected chi connectivity index (χ0v) is 13.7. The van der Waals surface area contributed by atoms with E-state index in [0.717, 1.165) is 12.2 Å². The lowest BCUT2D eigenvalue weighted by atomic mass is 10.1. The van der Waals surface area contributed by atoms with Crippen molar-refractivity contribution in [3.63, 3.8) is 0 Å². The lowest BCUT2D eigenvalue weighted by Crippen LogP contribution is -2.40. The molecule has 3 rings (SSSR count). The van der Waals surface area contributed by atoms with Crippen LogP contribution < -0.4 is 4.90 Å². The normalized spacial score (nSPS) is 17.3. The summed E-state index contributed by atoms with van der Waals surface area (Å²) in [4.78, 5) is 20.8. The lowest BCUT2D eigenvalue weighted by molar-refractivity contribution is 0.0644. The van der Waals surface area contributed by atoms with Crippen LogP contribution in [0, 0.1) is 0 Å². The second-order valence-electron chi connectivity index (χ2n) is 5.73. The molecule has 1 atom stereocenters. The predicted molar refractivity (Wildman–Crippen MR) is 87.5 cm³/mol. The monoisotopic (exact) mass is 318 g/mol. The summed E-state index contributed by atoms with van der Waals surface area (Å²) in [7, 11) is 3.76. The van der Waals surface area contributed by atoms with E-state index in [4.69, 9.17) is 11.6 Å². The number of hydrogen-bond acceptors (Lipinski definition) is 3. The molecule has 22 heavy (non-hydrogen) atoms. The first-order valence-corrected chi connectivity index (χ1v) is 7.66. The van der Waals surface area contributed by atoms with Crippen LogP contribution >= 0.6 is 11.6 Å². The summed E-state index contributed by atoms with van der Waals surface area (Å²) in [5, 5.41) is 0.336. The van der Waals surface area contributed by atoms with E-state index in [0.29, 0.717) is 23.1 Å². The van der Waals surface area contributed by atoms with Gasteiger partial charge in [0.15, 0.2) is 0 Å². The minimum Gasteiger partial charge on any atom is -0.363 e. The van der Waals surface area contributed by atoms with Crippen LogP contribution in [0.5, 0.6) is 0 Å². The third kappa shape index (κ3) is 2.57. The molecule has 3 heterocycles. The minimum atomic E-state index is -0.00708. The van der Waals surface area contributed by atoms with Gasteiger partial charge in [-0.3, -0.25) is 4.79 Å². The van der Waals surface area contributed by atoms with Crippen molar-refractivity contribution >= 4 is 23.3 Å². The smallest absolute Gasteiger partial charge is 0.254 e. The van der Waals surface area contributed by atoms with Gasteiger partial charge in [-0.1, -0.05) is 11.6 Å². The first-order chi connectivity index (χ1) is 10.5. The van der Waals surface area contributed by atoms with Gasteiger partial charge in [-0.25, -0.2) is 4.98 Å². The Bertz CT molecular complexity index is 710. The Morgan fingerprint density at radius 3 is 2.86 bits per heavy atom. The van der Waals surface area contributed by atoms with E-state index < -0.39 is 0 Å². The molecule has 1 aliphatic rings. The van der Waals surface area contributed by atoms with Crippen molar-refractivity contribution in [1.82, 2.24) is 14.5 Å². The van der Waals surface area contributed by atoms with Crippen molar-refractivity contribution in [2.24, 2.45) is 0 Å². The number of nitrogens with zero attached hydrogens (tertiary/aromatic N) is 4. The number of anilines is 1. The van der Waals surface area contributed by atoms with E-state index in [1.807, 2.05) is 30.0 Å². The van der Waals surface area contributed by atoms with Gasteiger partial charge in [0, 0.05) is 44.6 Å². The van der Waals surface area contributed by atoms with Crippen molar-refractivity contribution in [1.29, 1.82) is 0 Å². The van der Waals surface area contributed by atoms with Gasteiger partial charge in [0.25, 0.3) is 5.91 Å². The fourth-order valence-electron chi connectivity index (χ4n) is 2.86. The van der Waals surface area contributed by atoms with Gasteiger partial charge in [0.1, 0.15) is 11.0 Å². The van der Waals surface area contributed by atoms with Crippen LogP contribution in [0.4, 0.5) is 5.82 Å². The van der Waals surface area contributed by atoms with Gasteiger partial charge in [0.05, 0.1) is 6.04 Å². The molecule has 1 aliphatic heterocycles. The van der Waals surface area contributed by atoms with Gasteiger partial charge < -0.3 is 14.4 Å². The quantitative estimate of drug-likeness (QED) is 0.800. The minimum absolute atomic E-state index is 0.00708. The fraction of sp³-hybridized carbons (Fsp3) is 0.375. The molecule has 116 valence electrons.